The highest BCUT2D eigenvalue weighted by Gasteiger charge is 2.20. The molecular weight excluding hydrogens is 337 g/mol. The van der Waals surface area contributed by atoms with Crippen LogP contribution in [0.3, 0.4) is 0 Å². The molecule has 0 spiro atoms. The molecule has 0 unspecified atom stereocenters. The van der Waals surface area contributed by atoms with Crippen molar-refractivity contribution < 1.29 is 4.79 Å². The molecule has 8 heteroatoms. The molecule has 0 aliphatic carbocycles. The van der Waals surface area contributed by atoms with E-state index in [0.717, 1.165) is 37.2 Å². The maximum Gasteiger partial charge on any atom is 0.228 e. The number of benzene rings is 1. The summed E-state index contributed by atoms with van der Waals surface area (Å²) in [6.07, 6.45) is 5.21. The van der Waals surface area contributed by atoms with Gasteiger partial charge in [0.15, 0.2) is 0 Å². The molecule has 2 N–H and O–H groups in total. The van der Waals surface area contributed by atoms with E-state index in [1.807, 2.05) is 24.3 Å². The zero-order valence-corrected chi connectivity index (χ0v) is 14.3. The summed E-state index contributed by atoms with van der Waals surface area (Å²) < 4.78 is 1.76. The number of halogens is 2. The molecule has 1 aliphatic heterocycles. The molecule has 1 fully saturated rings. The lowest BCUT2D eigenvalue weighted by Gasteiger charge is -2.22. The molecule has 1 atom stereocenters. The topological polar surface area (TPSA) is 71.8 Å². The molecule has 2 aromatic rings. The smallest absolute Gasteiger partial charge is 0.228 e. The third-order valence-corrected chi connectivity index (χ3v) is 3.67. The second kappa shape index (κ2) is 9.50. The van der Waals surface area contributed by atoms with Crippen molar-refractivity contribution in [2.24, 2.45) is 5.92 Å². The van der Waals surface area contributed by atoms with Crippen LogP contribution in [0.5, 0.6) is 0 Å². The molecule has 1 aromatic heterocycles. The summed E-state index contributed by atoms with van der Waals surface area (Å²) in [5.41, 5.74) is 1.92. The minimum atomic E-state index is 0. The van der Waals surface area contributed by atoms with Crippen LogP contribution in [0.2, 0.25) is 0 Å². The molecule has 126 valence electrons. The lowest BCUT2D eigenvalue weighted by atomic mass is 9.99. The summed E-state index contributed by atoms with van der Waals surface area (Å²) >= 11 is 0. The summed E-state index contributed by atoms with van der Waals surface area (Å²) in [6.45, 7) is 2.43. The lowest BCUT2D eigenvalue weighted by Crippen LogP contribution is -2.37. The van der Waals surface area contributed by atoms with Gasteiger partial charge in [0.1, 0.15) is 12.7 Å². The Labute approximate surface area is 147 Å². The highest BCUT2D eigenvalue weighted by atomic mass is 35.5. The molecule has 23 heavy (non-hydrogen) atoms. The van der Waals surface area contributed by atoms with E-state index < -0.39 is 0 Å². The van der Waals surface area contributed by atoms with E-state index in [9.17, 15) is 4.79 Å². The molecule has 2 heterocycles. The maximum absolute atomic E-state index is 12.2. The number of rotatable bonds is 4. The van der Waals surface area contributed by atoms with Gasteiger partial charge in [0.25, 0.3) is 0 Å². The number of carbonyl (C=O) groups excluding carboxylic acids is 1. The summed E-state index contributed by atoms with van der Waals surface area (Å²) in [5.74, 6) is 0.165. The predicted molar refractivity (Wildman–Crippen MR) is 94.3 cm³/mol. The number of aromatic nitrogens is 3. The molecule has 0 saturated carbocycles. The van der Waals surface area contributed by atoms with Gasteiger partial charge in [-0.3, -0.25) is 4.79 Å². The van der Waals surface area contributed by atoms with Crippen molar-refractivity contribution in [3.05, 3.63) is 42.5 Å². The van der Waals surface area contributed by atoms with Crippen molar-refractivity contribution in [2.75, 3.05) is 18.4 Å². The first-order chi connectivity index (χ1) is 10.3. The molecule has 3 rings (SSSR count). The fourth-order valence-corrected chi connectivity index (χ4v) is 2.57. The number of amides is 1. The van der Waals surface area contributed by atoms with E-state index in [1.54, 1.807) is 11.0 Å². The second-order valence-electron chi connectivity index (χ2n) is 5.33. The van der Waals surface area contributed by atoms with Gasteiger partial charge in [-0.2, -0.15) is 5.10 Å². The van der Waals surface area contributed by atoms with E-state index in [2.05, 4.69) is 20.7 Å². The standard InChI is InChI=1S/C15H19N5O.2ClH/c21-15(13-4-2-6-16-8-13)19-14-5-1-3-12(7-14)9-20-11-17-10-18-20;;/h1,3,5,7,10-11,13,16H,2,4,6,8-9H2,(H,19,21);2*1H/t13-;;/m1../s1. The molecule has 1 amide bonds. The van der Waals surface area contributed by atoms with E-state index in [-0.39, 0.29) is 36.6 Å². The van der Waals surface area contributed by atoms with Crippen molar-refractivity contribution in [3.8, 4) is 0 Å². The first-order valence-electron chi connectivity index (χ1n) is 7.24. The largest absolute Gasteiger partial charge is 0.326 e. The van der Waals surface area contributed by atoms with Gasteiger partial charge in [-0.15, -0.1) is 24.8 Å². The number of nitrogens with zero attached hydrogens (tertiary/aromatic N) is 3. The maximum atomic E-state index is 12.2. The molecule has 1 aliphatic rings. The average Bonchev–Trinajstić information content (AvgIpc) is 3.01. The molecular formula is C15H21Cl2N5O. The first-order valence-corrected chi connectivity index (χ1v) is 7.24. The van der Waals surface area contributed by atoms with E-state index in [1.165, 1.54) is 6.33 Å². The third-order valence-electron chi connectivity index (χ3n) is 3.67. The van der Waals surface area contributed by atoms with Crippen LogP contribution in [-0.4, -0.2) is 33.8 Å². The van der Waals surface area contributed by atoms with Crippen molar-refractivity contribution in [1.82, 2.24) is 20.1 Å². The van der Waals surface area contributed by atoms with E-state index in [0.29, 0.717) is 6.54 Å². The highest BCUT2D eigenvalue weighted by Crippen LogP contribution is 2.16. The van der Waals surface area contributed by atoms with Crippen molar-refractivity contribution >= 4 is 36.4 Å². The summed E-state index contributed by atoms with van der Waals surface area (Å²) in [4.78, 5) is 16.1. The summed E-state index contributed by atoms with van der Waals surface area (Å²) in [6, 6.07) is 7.86. The van der Waals surface area contributed by atoms with Gasteiger partial charge < -0.3 is 10.6 Å². The molecule has 6 nitrogen and oxygen atoms in total. The van der Waals surface area contributed by atoms with E-state index in [4.69, 9.17) is 0 Å². The van der Waals surface area contributed by atoms with Crippen LogP contribution in [0.15, 0.2) is 36.9 Å². The number of piperidine rings is 1. The van der Waals surface area contributed by atoms with E-state index >= 15 is 0 Å². The van der Waals surface area contributed by atoms with Gasteiger partial charge in [0.2, 0.25) is 5.91 Å². The van der Waals surface area contributed by atoms with Gasteiger partial charge in [-0.25, -0.2) is 9.67 Å². The van der Waals surface area contributed by atoms with Gasteiger partial charge >= 0.3 is 0 Å². The van der Waals surface area contributed by atoms with Crippen LogP contribution in [0, 0.1) is 5.92 Å². The monoisotopic (exact) mass is 357 g/mol. The quantitative estimate of drug-likeness (QED) is 0.878. The molecule has 0 radical (unpaired) electrons. The molecule has 1 aromatic carbocycles. The third kappa shape index (κ3) is 5.49. The number of hydrogen-bond acceptors (Lipinski definition) is 4. The Kier molecular flexibility index (Phi) is 8.02. The van der Waals surface area contributed by atoms with Crippen molar-refractivity contribution in [2.45, 2.75) is 19.4 Å². The minimum Gasteiger partial charge on any atom is -0.326 e. The van der Waals surface area contributed by atoms with Gasteiger partial charge in [-0.1, -0.05) is 12.1 Å². The Hall–Kier alpha value is -1.63. The zero-order valence-electron chi connectivity index (χ0n) is 12.6. The Morgan fingerprint density at radius 2 is 2.26 bits per heavy atom. The average molecular weight is 358 g/mol. The van der Waals surface area contributed by atoms with Crippen LogP contribution >= 0.6 is 24.8 Å². The fraction of sp³-hybridized carbons (Fsp3) is 0.400. The number of anilines is 1. The Balaban J connectivity index is 0.00000132. The number of hydrogen-bond donors (Lipinski definition) is 2. The minimum absolute atomic E-state index is 0. The Morgan fingerprint density at radius 1 is 1.39 bits per heavy atom. The predicted octanol–water partition coefficient (Wildman–Crippen LogP) is 2.11. The Bertz CT molecular complexity index is 600. The van der Waals surface area contributed by atoms with Crippen LogP contribution in [-0.2, 0) is 11.3 Å². The van der Waals surface area contributed by atoms with Crippen LogP contribution in [0.25, 0.3) is 0 Å². The second-order valence-corrected chi connectivity index (χ2v) is 5.33. The molecule has 1 saturated heterocycles. The number of nitrogens with one attached hydrogen (secondary N) is 2. The van der Waals surface area contributed by atoms with Crippen molar-refractivity contribution in [1.29, 1.82) is 0 Å². The first kappa shape index (κ1) is 19.4. The van der Waals surface area contributed by atoms with Crippen LogP contribution in [0.1, 0.15) is 18.4 Å². The Morgan fingerprint density at radius 3 is 2.96 bits per heavy atom. The van der Waals surface area contributed by atoms with Crippen molar-refractivity contribution in [3.63, 3.8) is 0 Å². The van der Waals surface area contributed by atoms with Gasteiger partial charge in [-0.05, 0) is 37.1 Å². The summed E-state index contributed by atoms with van der Waals surface area (Å²) in [5, 5.41) is 10.4. The van der Waals surface area contributed by atoms with Crippen LogP contribution in [0.4, 0.5) is 5.69 Å². The fourth-order valence-electron chi connectivity index (χ4n) is 2.57. The lowest BCUT2D eigenvalue weighted by molar-refractivity contribution is -0.120. The normalized spacial score (nSPS) is 16.8. The number of carbonyl (C=O) groups is 1. The van der Waals surface area contributed by atoms with Gasteiger partial charge in [0, 0.05) is 12.2 Å². The van der Waals surface area contributed by atoms with Gasteiger partial charge in [0.05, 0.1) is 12.5 Å². The zero-order chi connectivity index (χ0) is 14.5. The van der Waals surface area contributed by atoms with Crippen LogP contribution < -0.4 is 10.6 Å². The SMILES string of the molecule is Cl.Cl.O=C(Nc1cccc(Cn2cncn2)c1)[C@@H]1CCCNC1. The molecule has 0 bridgehead atoms. The highest BCUT2D eigenvalue weighted by molar-refractivity contribution is 5.92. The summed E-state index contributed by atoms with van der Waals surface area (Å²) in [7, 11) is 0.